The molecule has 2 aliphatic rings. The molecule has 0 bridgehead atoms. The van der Waals surface area contributed by atoms with Crippen LogP contribution in [0, 0.1) is 6.92 Å². The van der Waals surface area contributed by atoms with E-state index in [1.165, 1.54) is 0 Å². The lowest BCUT2D eigenvalue weighted by Gasteiger charge is -2.26. The van der Waals surface area contributed by atoms with E-state index in [0.29, 0.717) is 17.9 Å². The van der Waals surface area contributed by atoms with E-state index in [9.17, 15) is 9.59 Å². The fraction of sp³-hybridized carbons (Fsp3) is 0.435. The van der Waals surface area contributed by atoms with Crippen LogP contribution in [0.5, 0.6) is 0 Å². The summed E-state index contributed by atoms with van der Waals surface area (Å²) >= 11 is 0. The van der Waals surface area contributed by atoms with Gasteiger partial charge in [0.1, 0.15) is 5.76 Å². The Morgan fingerprint density at radius 2 is 1.87 bits per heavy atom. The number of carbonyl (C=O) groups excluding carboxylic acids is 2. The molecule has 1 fully saturated rings. The molecule has 1 saturated heterocycles. The fourth-order valence-corrected chi connectivity index (χ4v) is 4.00. The van der Waals surface area contributed by atoms with Crippen molar-refractivity contribution in [2.24, 2.45) is 5.10 Å². The smallest absolute Gasteiger partial charge is 0.287 e. The first-order valence-electron chi connectivity index (χ1n) is 10.8. The van der Waals surface area contributed by atoms with E-state index in [4.69, 9.17) is 9.15 Å². The molecule has 1 aromatic heterocycles. The Labute approximate surface area is 181 Å². The van der Waals surface area contributed by atoms with Gasteiger partial charge < -0.3 is 14.5 Å². The van der Waals surface area contributed by atoms with E-state index in [-0.39, 0.29) is 11.8 Å². The van der Waals surface area contributed by atoms with Crippen molar-refractivity contribution < 1.29 is 18.7 Å². The maximum Gasteiger partial charge on any atom is 0.287 e. The third-order valence-electron chi connectivity index (χ3n) is 5.68. The zero-order valence-electron chi connectivity index (χ0n) is 17.8. The number of fused-ring (bicyclic) bond motifs is 1. The van der Waals surface area contributed by atoms with Crippen molar-refractivity contribution in [1.29, 1.82) is 0 Å². The molecular weight excluding hydrogens is 396 g/mol. The van der Waals surface area contributed by atoms with Crippen molar-refractivity contribution in [3.8, 4) is 0 Å². The van der Waals surface area contributed by atoms with Gasteiger partial charge in [-0.05, 0) is 31.9 Å². The molecule has 31 heavy (non-hydrogen) atoms. The minimum absolute atomic E-state index is 0.215. The van der Waals surface area contributed by atoms with Crippen LogP contribution in [-0.2, 0) is 11.2 Å². The predicted molar refractivity (Wildman–Crippen MR) is 116 cm³/mol. The van der Waals surface area contributed by atoms with Crippen molar-refractivity contribution in [3.63, 3.8) is 0 Å². The average molecular weight is 425 g/mol. The molecule has 0 unspecified atom stereocenters. The molecular formula is C23H28N4O4. The van der Waals surface area contributed by atoms with Gasteiger partial charge in [0.15, 0.2) is 5.76 Å². The van der Waals surface area contributed by atoms with Crippen LogP contribution in [0.1, 0.15) is 50.6 Å². The van der Waals surface area contributed by atoms with Crippen LogP contribution in [-0.4, -0.2) is 61.8 Å². The van der Waals surface area contributed by atoms with Crippen LogP contribution < -0.4 is 10.7 Å². The first-order valence-corrected chi connectivity index (χ1v) is 10.8. The van der Waals surface area contributed by atoms with Gasteiger partial charge in [-0.3, -0.25) is 14.5 Å². The number of furan rings is 1. The number of nitrogens with zero attached hydrogens (tertiary/aromatic N) is 2. The largest absolute Gasteiger partial charge is 0.455 e. The molecule has 0 radical (unpaired) electrons. The molecule has 164 valence electrons. The zero-order chi connectivity index (χ0) is 21.6. The topological polar surface area (TPSA) is 96.2 Å². The molecule has 2 aromatic rings. The quantitative estimate of drug-likeness (QED) is 0.693. The third kappa shape index (κ3) is 5.03. The van der Waals surface area contributed by atoms with Crippen molar-refractivity contribution in [2.45, 2.75) is 26.2 Å². The Kier molecular flexibility index (Phi) is 6.79. The normalized spacial score (nSPS) is 17.9. The lowest BCUT2D eigenvalue weighted by molar-refractivity contribution is 0.0382. The van der Waals surface area contributed by atoms with Gasteiger partial charge in [-0.25, -0.2) is 5.43 Å². The zero-order valence-corrected chi connectivity index (χ0v) is 17.8. The summed E-state index contributed by atoms with van der Waals surface area (Å²) in [5.41, 5.74) is 5.55. The summed E-state index contributed by atoms with van der Waals surface area (Å²) in [6.45, 7) is 6.46. The van der Waals surface area contributed by atoms with Crippen LogP contribution in [0.3, 0.4) is 0 Å². The fourth-order valence-electron chi connectivity index (χ4n) is 4.00. The second kappa shape index (κ2) is 9.89. The molecule has 8 nitrogen and oxygen atoms in total. The van der Waals surface area contributed by atoms with Crippen LogP contribution >= 0.6 is 0 Å². The van der Waals surface area contributed by atoms with Gasteiger partial charge >= 0.3 is 0 Å². The van der Waals surface area contributed by atoms with Gasteiger partial charge in [-0.1, -0.05) is 18.2 Å². The highest BCUT2D eigenvalue weighted by Crippen LogP contribution is 2.29. The van der Waals surface area contributed by atoms with Crippen molar-refractivity contribution in [2.75, 3.05) is 39.4 Å². The number of aryl methyl sites for hydroxylation is 1. The Hall–Kier alpha value is -2.97. The second-order valence-electron chi connectivity index (χ2n) is 7.78. The highest BCUT2D eigenvalue weighted by Gasteiger charge is 2.28. The van der Waals surface area contributed by atoms with E-state index in [1.54, 1.807) is 12.1 Å². The van der Waals surface area contributed by atoms with Crippen LogP contribution in [0.25, 0.3) is 0 Å². The highest BCUT2D eigenvalue weighted by atomic mass is 16.5. The number of hydrazone groups is 1. The summed E-state index contributed by atoms with van der Waals surface area (Å²) in [5.74, 6) is 0.612. The molecule has 1 aliphatic carbocycles. The molecule has 1 aliphatic heterocycles. The van der Waals surface area contributed by atoms with Crippen LogP contribution in [0.2, 0.25) is 0 Å². The highest BCUT2D eigenvalue weighted by molar-refractivity contribution is 6.07. The summed E-state index contributed by atoms with van der Waals surface area (Å²) in [5, 5.41) is 7.32. The summed E-state index contributed by atoms with van der Waals surface area (Å²) in [6.07, 6.45) is 2.33. The van der Waals surface area contributed by atoms with Crippen molar-refractivity contribution in [3.05, 3.63) is 58.5 Å². The number of hydrogen-bond donors (Lipinski definition) is 2. The number of benzene rings is 1. The lowest BCUT2D eigenvalue weighted by Crippen LogP contribution is -2.41. The Morgan fingerprint density at radius 3 is 2.65 bits per heavy atom. The standard InChI is InChI=1S/C23H28N4O4/c1-16-20-18(25-26-22(28)17-6-3-2-4-7-17)8-5-9-19(20)31-21(16)23(29)24-10-11-27-12-14-30-15-13-27/h2-4,6-7H,5,8-15H2,1H3,(H,24,29)(H,26,28)/b25-18+. The number of ether oxygens (including phenoxy) is 1. The van der Waals surface area contributed by atoms with Gasteiger partial charge in [-0.2, -0.15) is 5.10 Å². The maximum absolute atomic E-state index is 12.7. The van der Waals surface area contributed by atoms with Gasteiger partial charge in [0.05, 0.1) is 18.9 Å². The molecule has 2 heterocycles. The monoisotopic (exact) mass is 424 g/mol. The first-order chi connectivity index (χ1) is 15.1. The first kappa shape index (κ1) is 21.3. The SMILES string of the molecule is Cc1c(C(=O)NCCN2CCOCC2)oc2c1/C(=N/NC(=O)c1ccccc1)CCC2. The molecule has 0 atom stereocenters. The van der Waals surface area contributed by atoms with Gasteiger partial charge in [0.2, 0.25) is 0 Å². The number of rotatable bonds is 6. The van der Waals surface area contributed by atoms with Gasteiger partial charge in [0.25, 0.3) is 11.8 Å². The van der Waals surface area contributed by atoms with Crippen LogP contribution in [0.4, 0.5) is 0 Å². The van der Waals surface area contributed by atoms with E-state index < -0.39 is 0 Å². The third-order valence-corrected chi connectivity index (χ3v) is 5.68. The lowest BCUT2D eigenvalue weighted by atomic mass is 9.93. The molecule has 2 amide bonds. The van der Waals surface area contributed by atoms with E-state index in [0.717, 1.165) is 74.7 Å². The molecule has 4 rings (SSSR count). The molecule has 0 saturated carbocycles. The molecule has 8 heteroatoms. The number of carbonyl (C=O) groups is 2. The summed E-state index contributed by atoms with van der Waals surface area (Å²) < 4.78 is 11.3. The molecule has 0 spiro atoms. The summed E-state index contributed by atoms with van der Waals surface area (Å²) in [4.78, 5) is 27.3. The average Bonchev–Trinajstić information content (AvgIpc) is 3.16. The van der Waals surface area contributed by atoms with E-state index in [2.05, 4.69) is 20.7 Å². The minimum atomic E-state index is -0.262. The van der Waals surface area contributed by atoms with Crippen molar-refractivity contribution in [1.82, 2.24) is 15.6 Å². The summed E-state index contributed by atoms with van der Waals surface area (Å²) in [6, 6.07) is 8.96. The Bertz CT molecular complexity index is 961. The summed E-state index contributed by atoms with van der Waals surface area (Å²) in [7, 11) is 0. The number of morpholine rings is 1. The second-order valence-corrected chi connectivity index (χ2v) is 7.78. The van der Waals surface area contributed by atoms with Crippen molar-refractivity contribution >= 4 is 17.5 Å². The Balaban J connectivity index is 1.42. The molecule has 1 aromatic carbocycles. The van der Waals surface area contributed by atoms with Gasteiger partial charge in [0, 0.05) is 49.3 Å². The predicted octanol–water partition coefficient (Wildman–Crippen LogP) is 2.12. The number of amides is 2. The molecule has 2 N–H and O–H groups in total. The number of hydrogen-bond acceptors (Lipinski definition) is 6. The minimum Gasteiger partial charge on any atom is -0.455 e. The number of nitrogens with one attached hydrogen (secondary N) is 2. The van der Waals surface area contributed by atoms with E-state index >= 15 is 0 Å². The van der Waals surface area contributed by atoms with Gasteiger partial charge in [-0.15, -0.1) is 0 Å². The van der Waals surface area contributed by atoms with E-state index in [1.807, 2.05) is 25.1 Å². The van der Waals surface area contributed by atoms with Crippen LogP contribution in [0.15, 0.2) is 39.9 Å². The Morgan fingerprint density at radius 1 is 1.10 bits per heavy atom. The maximum atomic E-state index is 12.7.